The lowest BCUT2D eigenvalue weighted by atomic mass is 10.1. The molecule has 1 aromatic heterocycles. The van der Waals surface area contributed by atoms with Crippen LogP contribution < -0.4 is 9.73 Å². The van der Waals surface area contributed by atoms with Crippen molar-refractivity contribution in [3.05, 3.63) is 81.1 Å². The average molecular weight is 501 g/mol. The van der Waals surface area contributed by atoms with Crippen LogP contribution in [0.4, 0.5) is 5.69 Å². The van der Waals surface area contributed by atoms with Crippen LogP contribution >= 0.6 is 11.6 Å². The van der Waals surface area contributed by atoms with Gasteiger partial charge >= 0.3 is 0 Å². The Labute approximate surface area is 206 Å². The number of carbonyl (C=O) groups excluding carboxylic acids is 1. The number of hydrazone groups is 1. The molecule has 0 aliphatic carbocycles. The van der Waals surface area contributed by atoms with E-state index in [-0.39, 0.29) is 0 Å². The maximum atomic E-state index is 12.5. The summed E-state index contributed by atoms with van der Waals surface area (Å²) in [6.45, 7) is 9.43. The van der Waals surface area contributed by atoms with Crippen LogP contribution in [0.3, 0.4) is 0 Å². The Hall–Kier alpha value is -3.10. The number of aryl methyl sites for hydroxylation is 3. The molecule has 2 aromatic carbocycles. The third-order valence-corrected chi connectivity index (χ3v) is 7.19. The number of sulfonamides is 1. The van der Waals surface area contributed by atoms with E-state index in [1.807, 2.05) is 19.9 Å². The van der Waals surface area contributed by atoms with E-state index in [0.717, 1.165) is 38.8 Å². The second-order valence-corrected chi connectivity index (χ2v) is 10.7. The second-order valence-electron chi connectivity index (χ2n) is 8.40. The minimum atomic E-state index is -3.72. The predicted molar refractivity (Wildman–Crippen MR) is 139 cm³/mol. The van der Waals surface area contributed by atoms with Crippen LogP contribution in [0.25, 0.3) is 5.69 Å². The molecule has 0 saturated heterocycles. The molecule has 7 nitrogen and oxygen atoms in total. The fraction of sp³-hybridized carbons (Fsp3) is 0.280. The van der Waals surface area contributed by atoms with E-state index >= 15 is 0 Å². The van der Waals surface area contributed by atoms with Crippen molar-refractivity contribution >= 4 is 39.4 Å². The highest BCUT2D eigenvalue weighted by Gasteiger charge is 2.23. The monoisotopic (exact) mass is 500 g/mol. The third kappa shape index (κ3) is 5.51. The van der Waals surface area contributed by atoms with E-state index in [9.17, 15) is 13.2 Å². The first-order valence-electron chi connectivity index (χ1n) is 10.7. The Balaban J connectivity index is 1.79. The zero-order valence-corrected chi connectivity index (χ0v) is 21.8. The topological polar surface area (TPSA) is 83.8 Å². The average Bonchev–Trinajstić information content (AvgIpc) is 3.01. The molecule has 0 aliphatic rings. The van der Waals surface area contributed by atoms with E-state index in [1.165, 1.54) is 5.56 Å². The Morgan fingerprint density at radius 2 is 1.82 bits per heavy atom. The predicted octanol–water partition coefficient (Wildman–Crippen LogP) is 4.59. The Morgan fingerprint density at radius 3 is 2.47 bits per heavy atom. The van der Waals surface area contributed by atoms with Crippen LogP contribution in [0, 0.1) is 34.6 Å². The lowest BCUT2D eigenvalue weighted by molar-refractivity contribution is -0.119. The summed E-state index contributed by atoms with van der Waals surface area (Å²) in [6.07, 6.45) is 2.61. The Bertz CT molecular complexity index is 1380. The number of aromatic nitrogens is 1. The van der Waals surface area contributed by atoms with E-state index in [2.05, 4.69) is 47.1 Å². The van der Waals surface area contributed by atoms with Gasteiger partial charge in [0.15, 0.2) is 0 Å². The molecule has 0 saturated carbocycles. The normalized spacial score (nSPS) is 11.7. The van der Waals surface area contributed by atoms with E-state index in [0.29, 0.717) is 16.3 Å². The molecule has 180 valence electrons. The van der Waals surface area contributed by atoms with Crippen LogP contribution in [-0.4, -0.2) is 37.9 Å². The van der Waals surface area contributed by atoms with Gasteiger partial charge < -0.3 is 4.57 Å². The summed E-state index contributed by atoms with van der Waals surface area (Å²) in [4.78, 5) is 12.5. The van der Waals surface area contributed by atoms with Gasteiger partial charge in [0.05, 0.1) is 18.2 Å². The number of benzene rings is 2. The van der Waals surface area contributed by atoms with Gasteiger partial charge in [-0.25, -0.2) is 13.8 Å². The number of hydrogen-bond donors (Lipinski definition) is 1. The number of anilines is 1. The van der Waals surface area contributed by atoms with Gasteiger partial charge in [-0.2, -0.15) is 5.10 Å². The van der Waals surface area contributed by atoms with Gasteiger partial charge in [-0.3, -0.25) is 9.10 Å². The molecular formula is C25H29ClN4O3S. The van der Waals surface area contributed by atoms with Crippen molar-refractivity contribution in [2.75, 3.05) is 17.1 Å². The molecule has 0 atom stereocenters. The summed E-state index contributed by atoms with van der Waals surface area (Å²) in [5.74, 6) is -0.566. The number of amides is 1. The first-order chi connectivity index (χ1) is 15.9. The lowest BCUT2D eigenvalue weighted by Gasteiger charge is -2.23. The van der Waals surface area contributed by atoms with Gasteiger partial charge in [-0.05, 0) is 70.0 Å². The van der Waals surface area contributed by atoms with Crippen LogP contribution in [0.1, 0.15) is 33.6 Å². The number of hydrogen-bond acceptors (Lipinski definition) is 4. The summed E-state index contributed by atoms with van der Waals surface area (Å²) in [5, 5.41) is 4.49. The van der Waals surface area contributed by atoms with Gasteiger partial charge in [0.1, 0.15) is 6.54 Å². The largest absolute Gasteiger partial charge is 0.318 e. The lowest BCUT2D eigenvalue weighted by Crippen LogP contribution is -2.39. The summed E-state index contributed by atoms with van der Waals surface area (Å²) in [5.41, 5.74) is 9.68. The van der Waals surface area contributed by atoms with Crippen molar-refractivity contribution in [3.8, 4) is 5.69 Å². The van der Waals surface area contributed by atoms with Crippen molar-refractivity contribution in [2.45, 2.75) is 34.6 Å². The minimum absolute atomic E-state index is 0.353. The van der Waals surface area contributed by atoms with E-state index in [1.54, 1.807) is 31.3 Å². The Kier molecular flexibility index (Phi) is 7.53. The van der Waals surface area contributed by atoms with Crippen molar-refractivity contribution < 1.29 is 13.2 Å². The van der Waals surface area contributed by atoms with E-state index in [4.69, 9.17) is 11.6 Å². The first kappa shape index (κ1) is 25.5. The van der Waals surface area contributed by atoms with Crippen molar-refractivity contribution in [2.24, 2.45) is 5.10 Å². The van der Waals surface area contributed by atoms with Gasteiger partial charge in [0.2, 0.25) is 10.0 Å². The van der Waals surface area contributed by atoms with Gasteiger partial charge in [-0.1, -0.05) is 35.4 Å². The van der Waals surface area contributed by atoms with Crippen molar-refractivity contribution in [1.29, 1.82) is 0 Å². The smallest absolute Gasteiger partial charge is 0.260 e. The molecule has 0 unspecified atom stereocenters. The minimum Gasteiger partial charge on any atom is -0.318 e. The number of carbonyl (C=O) groups is 1. The van der Waals surface area contributed by atoms with Crippen molar-refractivity contribution in [1.82, 2.24) is 9.99 Å². The molecule has 34 heavy (non-hydrogen) atoms. The van der Waals surface area contributed by atoms with Crippen LogP contribution in [0.2, 0.25) is 5.02 Å². The number of nitrogens with zero attached hydrogens (tertiary/aromatic N) is 3. The maximum absolute atomic E-state index is 12.5. The second kappa shape index (κ2) is 10.0. The van der Waals surface area contributed by atoms with Crippen molar-refractivity contribution in [3.63, 3.8) is 0 Å². The summed E-state index contributed by atoms with van der Waals surface area (Å²) in [7, 11) is -3.72. The van der Waals surface area contributed by atoms with Gasteiger partial charge in [0.25, 0.3) is 5.91 Å². The molecule has 0 spiro atoms. The van der Waals surface area contributed by atoms with Crippen LogP contribution in [-0.2, 0) is 14.8 Å². The SMILES string of the molecule is Cc1ccc(-n2c(C)cc(/C=N\NC(=O)CN(c3cccc(Cl)c3C)S(C)(=O)=O)c2C)c(C)c1. The molecule has 0 radical (unpaired) electrons. The van der Waals surface area contributed by atoms with Gasteiger partial charge in [-0.15, -0.1) is 0 Å². The van der Waals surface area contributed by atoms with E-state index < -0.39 is 22.5 Å². The van der Waals surface area contributed by atoms with Crippen LogP contribution in [0.5, 0.6) is 0 Å². The number of halogens is 1. The Morgan fingerprint density at radius 1 is 1.12 bits per heavy atom. The van der Waals surface area contributed by atoms with Crippen LogP contribution in [0.15, 0.2) is 47.6 Å². The molecule has 3 aromatic rings. The fourth-order valence-corrected chi connectivity index (χ4v) is 5.01. The molecular weight excluding hydrogens is 472 g/mol. The molecule has 9 heteroatoms. The molecule has 3 rings (SSSR count). The molecule has 1 N–H and O–H groups in total. The molecule has 0 bridgehead atoms. The summed E-state index contributed by atoms with van der Waals surface area (Å²) >= 11 is 6.14. The number of nitrogens with one attached hydrogen (secondary N) is 1. The standard InChI is InChI=1S/C25H29ClN4O3S/c1-16-10-11-23(17(2)12-16)30-18(3)13-21(20(30)5)14-27-28-25(31)15-29(34(6,32)33)24-9-7-8-22(26)19(24)4/h7-14H,15H2,1-6H3,(H,28,31)/b27-14-. The zero-order valence-electron chi connectivity index (χ0n) is 20.2. The summed E-state index contributed by atoms with van der Waals surface area (Å²) < 4.78 is 27.9. The highest BCUT2D eigenvalue weighted by molar-refractivity contribution is 7.92. The molecule has 0 aliphatic heterocycles. The molecule has 1 amide bonds. The van der Waals surface area contributed by atoms with Gasteiger partial charge in [0, 0.05) is 27.7 Å². The first-order valence-corrected chi connectivity index (χ1v) is 12.9. The fourth-order valence-electron chi connectivity index (χ4n) is 3.93. The molecule has 0 fully saturated rings. The highest BCUT2D eigenvalue weighted by atomic mass is 35.5. The highest BCUT2D eigenvalue weighted by Crippen LogP contribution is 2.28. The quantitative estimate of drug-likeness (QED) is 0.380. The molecule has 1 heterocycles. The maximum Gasteiger partial charge on any atom is 0.260 e. The number of rotatable bonds is 7. The third-order valence-electron chi connectivity index (χ3n) is 5.65. The summed E-state index contributed by atoms with van der Waals surface area (Å²) in [6, 6.07) is 13.2. The zero-order chi connectivity index (χ0) is 25.2.